The fraction of sp³-hybridized carbons (Fsp3) is 0.923. The largest absolute Gasteiger partial charge is 0.396 e. The maximum absolute atomic E-state index is 11.7. The third kappa shape index (κ3) is 4.52. The van der Waals surface area contributed by atoms with Crippen molar-refractivity contribution in [2.24, 2.45) is 11.3 Å². The average molecular weight is 227 g/mol. The van der Waals surface area contributed by atoms with Crippen LogP contribution >= 0.6 is 0 Å². The molecule has 0 aromatic carbocycles. The standard InChI is InChI=1S/C13H25NO2/c1-13(2,10-15)8-5-9-14-12(16)11-6-3-4-7-11/h11,15H,3-10H2,1-2H3,(H,14,16). The first-order valence-electron chi connectivity index (χ1n) is 6.44. The Balaban J connectivity index is 2.08. The van der Waals surface area contributed by atoms with Gasteiger partial charge in [-0.2, -0.15) is 0 Å². The van der Waals surface area contributed by atoms with Crippen LogP contribution in [-0.4, -0.2) is 24.2 Å². The van der Waals surface area contributed by atoms with E-state index in [1.165, 1.54) is 12.8 Å². The van der Waals surface area contributed by atoms with E-state index in [0.717, 1.165) is 32.2 Å². The van der Waals surface area contributed by atoms with Crippen LogP contribution in [0.25, 0.3) is 0 Å². The summed E-state index contributed by atoms with van der Waals surface area (Å²) in [5, 5.41) is 12.1. The maximum atomic E-state index is 11.7. The Kier molecular flexibility index (Phi) is 5.26. The predicted octanol–water partition coefficient (Wildman–Crippen LogP) is 2.09. The first-order chi connectivity index (χ1) is 7.55. The Morgan fingerprint density at radius 1 is 1.38 bits per heavy atom. The summed E-state index contributed by atoms with van der Waals surface area (Å²) in [5.41, 5.74) is -0.0158. The van der Waals surface area contributed by atoms with Crippen LogP contribution in [0.4, 0.5) is 0 Å². The van der Waals surface area contributed by atoms with Crippen molar-refractivity contribution in [2.75, 3.05) is 13.2 Å². The van der Waals surface area contributed by atoms with E-state index in [4.69, 9.17) is 5.11 Å². The van der Waals surface area contributed by atoms with E-state index in [1.54, 1.807) is 0 Å². The Bertz CT molecular complexity index is 220. The lowest BCUT2D eigenvalue weighted by atomic mass is 9.89. The lowest BCUT2D eigenvalue weighted by Crippen LogP contribution is -2.31. The zero-order chi connectivity index (χ0) is 12.0. The summed E-state index contributed by atoms with van der Waals surface area (Å²) in [5.74, 6) is 0.505. The van der Waals surface area contributed by atoms with Gasteiger partial charge >= 0.3 is 0 Å². The Morgan fingerprint density at radius 2 is 2.00 bits per heavy atom. The SMILES string of the molecule is CC(C)(CO)CCCNC(=O)C1CCCC1. The lowest BCUT2D eigenvalue weighted by molar-refractivity contribution is -0.124. The molecule has 3 heteroatoms. The highest BCUT2D eigenvalue weighted by Gasteiger charge is 2.22. The molecular weight excluding hydrogens is 202 g/mol. The molecule has 1 aliphatic rings. The van der Waals surface area contributed by atoms with Crippen LogP contribution in [0.1, 0.15) is 52.4 Å². The molecule has 3 nitrogen and oxygen atoms in total. The highest BCUT2D eigenvalue weighted by Crippen LogP contribution is 2.25. The number of rotatable bonds is 6. The van der Waals surface area contributed by atoms with Crippen molar-refractivity contribution < 1.29 is 9.90 Å². The first-order valence-corrected chi connectivity index (χ1v) is 6.44. The van der Waals surface area contributed by atoms with Gasteiger partial charge in [-0.05, 0) is 31.1 Å². The molecule has 0 radical (unpaired) electrons. The van der Waals surface area contributed by atoms with Gasteiger partial charge in [0.25, 0.3) is 0 Å². The van der Waals surface area contributed by atoms with Gasteiger partial charge in [-0.15, -0.1) is 0 Å². The van der Waals surface area contributed by atoms with Crippen molar-refractivity contribution in [2.45, 2.75) is 52.4 Å². The maximum Gasteiger partial charge on any atom is 0.223 e. The summed E-state index contributed by atoms with van der Waals surface area (Å²) < 4.78 is 0. The van der Waals surface area contributed by atoms with Crippen LogP contribution in [0.15, 0.2) is 0 Å². The summed E-state index contributed by atoms with van der Waals surface area (Å²) >= 11 is 0. The van der Waals surface area contributed by atoms with Crippen LogP contribution in [0.2, 0.25) is 0 Å². The van der Waals surface area contributed by atoms with E-state index in [2.05, 4.69) is 5.32 Å². The smallest absolute Gasteiger partial charge is 0.223 e. The van der Waals surface area contributed by atoms with Crippen molar-refractivity contribution in [1.82, 2.24) is 5.32 Å². The molecule has 1 aliphatic carbocycles. The molecule has 94 valence electrons. The number of aliphatic hydroxyl groups is 1. The van der Waals surface area contributed by atoms with Crippen molar-refractivity contribution >= 4 is 5.91 Å². The molecule has 16 heavy (non-hydrogen) atoms. The molecule has 0 atom stereocenters. The molecule has 0 aromatic rings. The van der Waals surface area contributed by atoms with E-state index in [0.29, 0.717) is 0 Å². The summed E-state index contributed by atoms with van der Waals surface area (Å²) in [6.45, 7) is 5.06. The molecule has 1 amide bonds. The molecule has 0 unspecified atom stereocenters. The second-order valence-electron chi connectivity index (χ2n) is 5.70. The van der Waals surface area contributed by atoms with Crippen molar-refractivity contribution in [3.05, 3.63) is 0 Å². The number of amides is 1. The Hall–Kier alpha value is -0.570. The summed E-state index contributed by atoms with van der Waals surface area (Å²) in [4.78, 5) is 11.7. The van der Waals surface area contributed by atoms with Gasteiger partial charge in [-0.1, -0.05) is 26.7 Å². The normalized spacial score (nSPS) is 17.7. The molecule has 0 saturated heterocycles. The van der Waals surface area contributed by atoms with Crippen LogP contribution < -0.4 is 5.32 Å². The summed E-state index contributed by atoms with van der Waals surface area (Å²) in [6.07, 6.45) is 6.44. The molecule has 1 rings (SSSR count). The quantitative estimate of drug-likeness (QED) is 0.683. The van der Waals surface area contributed by atoms with Gasteiger partial charge < -0.3 is 10.4 Å². The zero-order valence-electron chi connectivity index (χ0n) is 10.6. The number of nitrogens with one attached hydrogen (secondary N) is 1. The molecule has 1 saturated carbocycles. The van der Waals surface area contributed by atoms with Gasteiger partial charge in [0.05, 0.1) is 0 Å². The summed E-state index contributed by atoms with van der Waals surface area (Å²) in [7, 11) is 0. The minimum absolute atomic E-state index is 0.0158. The molecule has 1 fully saturated rings. The van der Waals surface area contributed by atoms with Crippen LogP contribution in [0, 0.1) is 11.3 Å². The monoisotopic (exact) mass is 227 g/mol. The fourth-order valence-electron chi connectivity index (χ4n) is 2.19. The van der Waals surface area contributed by atoms with Crippen molar-refractivity contribution in [3.63, 3.8) is 0 Å². The van der Waals surface area contributed by atoms with Crippen molar-refractivity contribution in [1.29, 1.82) is 0 Å². The topological polar surface area (TPSA) is 49.3 Å². The Labute approximate surface area is 98.6 Å². The second kappa shape index (κ2) is 6.24. The lowest BCUT2D eigenvalue weighted by Gasteiger charge is -2.21. The van der Waals surface area contributed by atoms with E-state index in [-0.39, 0.29) is 23.8 Å². The predicted molar refractivity (Wildman–Crippen MR) is 65.1 cm³/mol. The van der Waals surface area contributed by atoms with Gasteiger partial charge in [0.2, 0.25) is 5.91 Å². The third-order valence-electron chi connectivity index (χ3n) is 3.48. The molecule has 0 spiro atoms. The summed E-state index contributed by atoms with van der Waals surface area (Å²) in [6, 6.07) is 0. The van der Waals surface area contributed by atoms with Crippen LogP contribution in [0.3, 0.4) is 0 Å². The average Bonchev–Trinajstić information content (AvgIpc) is 2.77. The Morgan fingerprint density at radius 3 is 2.56 bits per heavy atom. The first kappa shape index (κ1) is 13.5. The number of hydrogen-bond donors (Lipinski definition) is 2. The number of aliphatic hydroxyl groups excluding tert-OH is 1. The molecule has 0 heterocycles. The second-order valence-corrected chi connectivity index (χ2v) is 5.70. The highest BCUT2D eigenvalue weighted by atomic mass is 16.3. The zero-order valence-corrected chi connectivity index (χ0v) is 10.6. The minimum atomic E-state index is -0.0158. The molecule has 0 aliphatic heterocycles. The van der Waals surface area contributed by atoms with E-state index in [9.17, 15) is 4.79 Å². The minimum Gasteiger partial charge on any atom is -0.396 e. The van der Waals surface area contributed by atoms with Crippen LogP contribution in [-0.2, 0) is 4.79 Å². The number of carbonyl (C=O) groups is 1. The van der Waals surface area contributed by atoms with E-state index in [1.807, 2.05) is 13.8 Å². The molecule has 0 bridgehead atoms. The fourth-order valence-corrected chi connectivity index (χ4v) is 2.19. The van der Waals surface area contributed by atoms with E-state index < -0.39 is 0 Å². The van der Waals surface area contributed by atoms with E-state index >= 15 is 0 Å². The highest BCUT2D eigenvalue weighted by molar-refractivity contribution is 5.78. The molecule has 2 N–H and O–H groups in total. The van der Waals surface area contributed by atoms with Gasteiger partial charge in [-0.3, -0.25) is 4.79 Å². The third-order valence-corrected chi connectivity index (χ3v) is 3.48. The van der Waals surface area contributed by atoms with Gasteiger partial charge in [0.1, 0.15) is 0 Å². The van der Waals surface area contributed by atoms with Gasteiger partial charge in [0.15, 0.2) is 0 Å². The number of carbonyl (C=O) groups excluding carboxylic acids is 1. The molecule has 0 aromatic heterocycles. The van der Waals surface area contributed by atoms with Crippen molar-refractivity contribution in [3.8, 4) is 0 Å². The number of hydrogen-bond acceptors (Lipinski definition) is 2. The molecular formula is C13H25NO2. The van der Waals surface area contributed by atoms with Gasteiger partial charge in [0, 0.05) is 19.1 Å². The van der Waals surface area contributed by atoms with Gasteiger partial charge in [-0.25, -0.2) is 0 Å². The van der Waals surface area contributed by atoms with Crippen LogP contribution in [0.5, 0.6) is 0 Å².